The summed E-state index contributed by atoms with van der Waals surface area (Å²) in [5.41, 5.74) is 12.9. The number of unbranched alkanes of at least 4 members (excludes halogenated alkanes) is 3. The van der Waals surface area contributed by atoms with Crippen molar-refractivity contribution in [3.63, 3.8) is 0 Å². The topological polar surface area (TPSA) is 79.4 Å². The fourth-order valence-corrected chi connectivity index (χ4v) is 6.28. The fourth-order valence-electron chi connectivity index (χ4n) is 6.28. The molecule has 0 aliphatic rings. The van der Waals surface area contributed by atoms with E-state index in [1.165, 1.54) is 6.92 Å². The molecule has 2 aromatic carbocycles. The maximum Gasteiger partial charge on any atom is 0.302 e. The maximum absolute atomic E-state index is 14.1. The molecule has 46 heavy (non-hydrogen) atoms. The van der Waals surface area contributed by atoms with Crippen LogP contribution in [0.4, 0.5) is 8.78 Å². The van der Waals surface area contributed by atoms with Crippen LogP contribution in [0.3, 0.4) is 0 Å². The third-order valence-corrected chi connectivity index (χ3v) is 8.66. The molecule has 0 aliphatic heterocycles. The zero-order valence-corrected chi connectivity index (χ0v) is 28.2. The number of aromatic nitrogens is 2. The van der Waals surface area contributed by atoms with Crippen LogP contribution in [0.2, 0.25) is 0 Å². The fraction of sp³-hybridized carbons (Fsp3) is 0.474. The molecule has 4 aromatic rings. The predicted molar refractivity (Wildman–Crippen MR) is 182 cm³/mol. The van der Waals surface area contributed by atoms with Crippen LogP contribution in [-0.2, 0) is 33.7 Å². The first-order valence-corrected chi connectivity index (χ1v) is 16.4. The average Bonchev–Trinajstić information content (AvgIpc) is 3.34. The van der Waals surface area contributed by atoms with E-state index in [1.807, 2.05) is 19.1 Å². The molecule has 0 spiro atoms. The Morgan fingerprint density at radius 2 is 1.80 bits per heavy atom. The van der Waals surface area contributed by atoms with Crippen LogP contribution in [0.1, 0.15) is 95.2 Å². The van der Waals surface area contributed by atoms with Gasteiger partial charge in [0.2, 0.25) is 0 Å². The number of alkyl halides is 2. The van der Waals surface area contributed by atoms with Crippen molar-refractivity contribution in [1.82, 2.24) is 9.55 Å². The summed E-state index contributed by atoms with van der Waals surface area (Å²) in [6, 6.07) is 15.6. The maximum atomic E-state index is 14.1. The summed E-state index contributed by atoms with van der Waals surface area (Å²) in [5.74, 6) is -0.316. The highest BCUT2D eigenvalue weighted by Crippen LogP contribution is 2.42. The third kappa shape index (κ3) is 8.39. The first-order chi connectivity index (χ1) is 22.0. The summed E-state index contributed by atoms with van der Waals surface area (Å²) in [5, 5.41) is 1.04. The Labute approximate surface area is 272 Å². The summed E-state index contributed by atoms with van der Waals surface area (Å²) in [7, 11) is 1.68. The number of methoxy groups -OCH3 is 1. The van der Waals surface area contributed by atoms with Crippen LogP contribution >= 0.6 is 0 Å². The van der Waals surface area contributed by atoms with Gasteiger partial charge in [0.25, 0.3) is 6.43 Å². The van der Waals surface area contributed by atoms with Gasteiger partial charge in [0, 0.05) is 54.2 Å². The van der Waals surface area contributed by atoms with Crippen molar-refractivity contribution >= 4 is 16.9 Å². The quantitative estimate of drug-likeness (QED) is 0.0983. The number of fused-ring (bicyclic) bond motifs is 1. The highest BCUT2D eigenvalue weighted by atomic mass is 19.3. The molecule has 2 aromatic heterocycles. The Morgan fingerprint density at radius 3 is 2.48 bits per heavy atom. The Kier molecular flexibility index (Phi) is 12.1. The molecule has 248 valence electrons. The largest absolute Gasteiger partial charge is 0.465 e. The van der Waals surface area contributed by atoms with Crippen molar-refractivity contribution < 1.29 is 23.0 Å². The van der Waals surface area contributed by atoms with Crippen molar-refractivity contribution in [2.24, 2.45) is 11.1 Å². The van der Waals surface area contributed by atoms with Crippen LogP contribution in [0.5, 0.6) is 0 Å². The summed E-state index contributed by atoms with van der Waals surface area (Å²) < 4.78 is 41.7. The van der Waals surface area contributed by atoms with Gasteiger partial charge in [0.05, 0.1) is 24.1 Å². The van der Waals surface area contributed by atoms with E-state index in [0.717, 1.165) is 82.2 Å². The molecule has 0 amide bonds. The van der Waals surface area contributed by atoms with E-state index in [9.17, 15) is 13.6 Å². The van der Waals surface area contributed by atoms with Crippen LogP contribution in [0.25, 0.3) is 33.3 Å². The van der Waals surface area contributed by atoms with Gasteiger partial charge < -0.3 is 19.8 Å². The second-order valence-corrected chi connectivity index (χ2v) is 13.0. The van der Waals surface area contributed by atoms with Crippen molar-refractivity contribution in [3.8, 4) is 22.4 Å². The first-order valence-electron chi connectivity index (χ1n) is 16.4. The molecule has 0 fully saturated rings. The molecule has 1 atom stereocenters. The second-order valence-electron chi connectivity index (χ2n) is 13.0. The number of pyridine rings is 1. The van der Waals surface area contributed by atoms with Crippen LogP contribution in [0, 0.1) is 5.41 Å². The van der Waals surface area contributed by atoms with Crippen LogP contribution in [0.15, 0.2) is 54.7 Å². The molecule has 2 N–H and O–H groups in total. The van der Waals surface area contributed by atoms with E-state index < -0.39 is 6.43 Å². The average molecular weight is 634 g/mol. The van der Waals surface area contributed by atoms with Crippen molar-refractivity contribution in [1.29, 1.82) is 0 Å². The van der Waals surface area contributed by atoms with Gasteiger partial charge in [-0.15, -0.1) is 0 Å². The van der Waals surface area contributed by atoms with E-state index in [-0.39, 0.29) is 29.7 Å². The molecule has 0 saturated carbocycles. The smallest absolute Gasteiger partial charge is 0.302 e. The SMILES string of the molecule is CCn1c(-c2cccnc2C(C)OC)c(CC(C)(C)COC(C)=O)c2cc(-c3cc(CCCCCCN)cc(C(F)F)c3)ccc21. The van der Waals surface area contributed by atoms with Gasteiger partial charge in [-0.2, -0.15) is 0 Å². The summed E-state index contributed by atoms with van der Waals surface area (Å²) in [6.45, 7) is 11.3. The summed E-state index contributed by atoms with van der Waals surface area (Å²) in [6.07, 6.45) is 4.33. The molecule has 0 aliphatic carbocycles. The molecule has 0 saturated heterocycles. The van der Waals surface area contributed by atoms with E-state index in [2.05, 4.69) is 49.6 Å². The molecule has 8 heteroatoms. The van der Waals surface area contributed by atoms with Crippen molar-refractivity contribution in [3.05, 3.63) is 77.1 Å². The Morgan fingerprint density at radius 1 is 1.04 bits per heavy atom. The monoisotopic (exact) mass is 633 g/mol. The summed E-state index contributed by atoms with van der Waals surface area (Å²) in [4.78, 5) is 16.5. The zero-order chi connectivity index (χ0) is 33.4. The molecule has 6 nitrogen and oxygen atoms in total. The van der Waals surface area contributed by atoms with Gasteiger partial charge in [-0.25, -0.2) is 8.78 Å². The number of hydrogen-bond donors (Lipinski definition) is 1. The van der Waals surface area contributed by atoms with Crippen LogP contribution in [-0.4, -0.2) is 35.8 Å². The van der Waals surface area contributed by atoms with Crippen molar-refractivity contribution in [2.45, 2.75) is 92.2 Å². The lowest BCUT2D eigenvalue weighted by molar-refractivity contribution is -0.143. The minimum absolute atomic E-state index is 0.0395. The number of aryl methyl sites for hydroxylation is 2. The number of carbonyl (C=O) groups is 1. The van der Waals surface area contributed by atoms with Gasteiger partial charge in [-0.1, -0.05) is 44.9 Å². The van der Waals surface area contributed by atoms with Crippen LogP contribution < -0.4 is 5.73 Å². The number of halogens is 2. The van der Waals surface area contributed by atoms with E-state index in [1.54, 1.807) is 25.4 Å². The Balaban J connectivity index is 1.91. The number of rotatable bonds is 16. The predicted octanol–water partition coefficient (Wildman–Crippen LogP) is 9.23. The second kappa shape index (κ2) is 15.8. The molecular weight excluding hydrogens is 584 g/mol. The Bertz CT molecular complexity index is 1630. The van der Waals surface area contributed by atoms with Gasteiger partial charge in [0.1, 0.15) is 0 Å². The number of nitrogens with two attached hydrogens (primary N) is 1. The number of benzene rings is 2. The number of carbonyl (C=O) groups excluding carboxylic acids is 1. The number of ether oxygens (including phenoxy) is 2. The Hall–Kier alpha value is -3.62. The molecule has 0 bridgehead atoms. The highest BCUT2D eigenvalue weighted by molar-refractivity contribution is 5.95. The molecule has 1 unspecified atom stereocenters. The standard InChI is InChI=1S/C38H49F2N3O3/c1-7-43-34-16-15-28(29-19-27(13-10-8-9-11-17-41)20-30(21-29)37(39)40)22-32(34)33(23-38(4,5)24-46-26(3)44)36(43)31-14-12-18-42-35(31)25(2)45-6/h12,14-16,18-22,25,37H,7-11,13,17,23-24,41H2,1-6H3. The molecule has 4 rings (SSSR count). The first kappa shape index (κ1) is 35.2. The van der Waals surface area contributed by atoms with Gasteiger partial charge in [-0.05, 0) is 98.7 Å². The number of esters is 1. The van der Waals surface area contributed by atoms with Gasteiger partial charge in [-0.3, -0.25) is 9.78 Å². The molecule has 2 heterocycles. The van der Waals surface area contributed by atoms with Crippen molar-refractivity contribution in [2.75, 3.05) is 20.3 Å². The van der Waals surface area contributed by atoms with E-state index in [4.69, 9.17) is 20.2 Å². The highest BCUT2D eigenvalue weighted by Gasteiger charge is 2.29. The normalized spacial score (nSPS) is 12.7. The lowest BCUT2D eigenvalue weighted by atomic mass is 9.84. The van der Waals surface area contributed by atoms with Gasteiger partial charge >= 0.3 is 5.97 Å². The minimum atomic E-state index is -2.56. The summed E-state index contributed by atoms with van der Waals surface area (Å²) >= 11 is 0. The van der Waals surface area contributed by atoms with Gasteiger partial charge in [0.15, 0.2) is 0 Å². The minimum Gasteiger partial charge on any atom is -0.465 e. The number of nitrogens with zero attached hydrogens (tertiary/aromatic N) is 2. The molecular formula is C38H49F2N3O3. The third-order valence-electron chi connectivity index (χ3n) is 8.66. The number of hydrogen-bond acceptors (Lipinski definition) is 5. The zero-order valence-electron chi connectivity index (χ0n) is 28.2. The lowest BCUT2D eigenvalue weighted by Crippen LogP contribution is -2.24. The van der Waals surface area contributed by atoms with E-state index in [0.29, 0.717) is 19.5 Å². The lowest BCUT2D eigenvalue weighted by Gasteiger charge is -2.25. The van der Waals surface area contributed by atoms with E-state index >= 15 is 0 Å². The molecule has 0 radical (unpaired) electrons.